The second kappa shape index (κ2) is 5.49. The van der Waals surface area contributed by atoms with Gasteiger partial charge in [-0.05, 0) is 43.3 Å². The van der Waals surface area contributed by atoms with Crippen molar-refractivity contribution in [3.05, 3.63) is 59.3 Å². The van der Waals surface area contributed by atoms with E-state index in [0.29, 0.717) is 18.5 Å². The van der Waals surface area contributed by atoms with E-state index in [-0.39, 0.29) is 13.2 Å². The van der Waals surface area contributed by atoms with Crippen LogP contribution in [0, 0.1) is 12.7 Å². The number of hydrogen-bond donors (Lipinski definition) is 1. The van der Waals surface area contributed by atoms with Crippen LogP contribution in [0.25, 0.3) is 0 Å². The highest BCUT2D eigenvalue weighted by molar-refractivity contribution is 5.94. The summed E-state index contributed by atoms with van der Waals surface area (Å²) in [6.45, 7) is 2.36. The lowest BCUT2D eigenvalue weighted by molar-refractivity contribution is 0.0953. The van der Waals surface area contributed by atoms with Crippen molar-refractivity contribution in [3.63, 3.8) is 0 Å². The number of aryl methyl sites for hydroxylation is 1. The van der Waals surface area contributed by atoms with Gasteiger partial charge in [-0.3, -0.25) is 4.79 Å². The lowest BCUT2D eigenvalue weighted by atomic mass is 10.2. The van der Waals surface area contributed by atoms with Crippen LogP contribution in [-0.4, -0.2) is 12.5 Å². The normalized spacial score (nSPS) is 10.3. The van der Waals surface area contributed by atoms with Gasteiger partial charge in [0.15, 0.2) is 0 Å². The van der Waals surface area contributed by atoms with Crippen molar-refractivity contribution in [3.8, 4) is 0 Å². The Kier molecular flexibility index (Phi) is 3.77. The predicted molar refractivity (Wildman–Crippen MR) is 68.0 cm³/mol. The zero-order chi connectivity index (χ0) is 13.0. The van der Waals surface area contributed by atoms with E-state index in [0.717, 1.165) is 11.5 Å². The molecule has 2 aromatic rings. The summed E-state index contributed by atoms with van der Waals surface area (Å²) in [5, 5.41) is 2.75. The van der Waals surface area contributed by atoms with Crippen molar-refractivity contribution in [1.82, 2.24) is 5.32 Å². The minimum atomic E-state index is -0.349. The van der Waals surface area contributed by atoms with Gasteiger partial charge in [-0.15, -0.1) is 0 Å². The van der Waals surface area contributed by atoms with Crippen LogP contribution in [0.4, 0.5) is 4.39 Å². The highest BCUT2D eigenvalue weighted by Crippen LogP contribution is 2.06. The molecule has 0 bridgehead atoms. The molecule has 0 atom stereocenters. The number of carbonyl (C=O) groups is 1. The van der Waals surface area contributed by atoms with E-state index in [2.05, 4.69) is 5.32 Å². The molecule has 4 heteroatoms. The molecule has 0 radical (unpaired) electrons. The Morgan fingerprint density at radius 1 is 1.28 bits per heavy atom. The molecule has 0 saturated carbocycles. The average Bonchev–Trinajstić information content (AvgIpc) is 2.76. The molecule has 3 nitrogen and oxygen atoms in total. The molecule has 0 unspecified atom stereocenters. The van der Waals surface area contributed by atoms with Crippen molar-refractivity contribution in [1.29, 1.82) is 0 Å². The van der Waals surface area contributed by atoms with Crippen molar-refractivity contribution >= 4 is 5.91 Å². The van der Waals surface area contributed by atoms with Crippen LogP contribution in [0.5, 0.6) is 0 Å². The van der Waals surface area contributed by atoms with Gasteiger partial charge in [0, 0.05) is 20.0 Å². The van der Waals surface area contributed by atoms with Gasteiger partial charge in [0.05, 0.1) is 0 Å². The fraction of sp³-hybridized carbons (Fsp3) is 0.214. The van der Waals surface area contributed by atoms with Gasteiger partial charge in [-0.25, -0.2) is 4.39 Å². The largest absolute Gasteiger partial charge is 0.466 e. The molecule has 1 amide bonds. The maximum atomic E-state index is 12.7. The number of benzene rings is 1. The molecule has 1 aromatic heterocycles. The standard InChI is InChI=1S/C14H14FNO2.H2/c1-10-2-7-13(18-10)8-9-16-14(17)11-3-5-12(15)6-4-11;/h2-7H,8-9H2,1H3,(H,16,17);1H. The lowest BCUT2D eigenvalue weighted by Crippen LogP contribution is -2.25. The second-order valence-corrected chi connectivity index (χ2v) is 4.03. The first-order valence-electron chi connectivity index (χ1n) is 5.74. The van der Waals surface area contributed by atoms with Crippen LogP contribution in [0.3, 0.4) is 0 Å². The number of furan rings is 1. The predicted octanol–water partition coefficient (Wildman–Crippen LogP) is 2.95. The van der Waals surface area contributed by atoms with E-state index in [1.807, 2.05) is 19.1 Å². The third-order valence-electron chi connectivity index (χ3n) is 2.56. The highest BCUT2D eigenvalue weighted by atomic mass is 19.1. The van der Waals surface area contributed by atoms with E-state index in [9.17, 15) is 9.18 Å². The molecule has 0 aliphatic carbocycles. The zero-order valence-corrected chi connectivity index (χ0v) is 10.1. The Labute approximate surface area is 106 Å². The van der Waals surface area contributed by atoms with Gasteiger partial charge in [0.25, 0.3) is 5.91 Å². The number of amides is 1. The lowest BCUT2D eigenvalue weighted by Gasteiger charge is -2.03. The summed E-state index contributed by atoms with van der Waals surface area (Å²) in [5.74, 6) is 1.14. The summed E-state index contributed by atoms with van der Waals surface area (Å²) in [5.41, 5.74) is 0.451. The SMILES string of the molecule is Cc1ccc(CCNC(=O)c2ccc(F)cc2)o1.[HH]. The van der Waals surface area contributed by atoms with E-state index >= 15 is 0 Å². The van der Waals surface area contributed by atoms with Crippen molar-refractivity contribution in [2.24, 2.45) is 0 Å². The molecule has 1 N–H and O–H groups in total. The fourth-order valence-corrected chi connectivity index (χ4v) is 1.62. The molecule has 96 valence electrons. The van der Waals surface area contributed by atoms with Crippen LogP contribution in [0.1, 0.15) is 23.3 Å². The number of carbonyl (C=O) groups excluding carboxylic acids is 1. The molecule has 2 rings (SSSR count). The van der Waals surface area contributed by atoms with Gasteiger partial charge in [0.1, 0.15) is 17.3 Å². The molecule has 0 saturated heterocycles. The Bertz CT molecular complexity index is 537. The average molecular weight is 249 g/mol. The maximum absolute atomic E-state index is 12.7. The molecule has 1 aromatic carbocycles. The topological polar surface area (TPSA) is 42.2 Å². The Morgan fingerprint density at radius 2 is 2.00 bits per heavy atom. The van der Waals surface area contributed by atoms with Crippen molar-refractivity contribution < 1.29 is 15.0 Å². The first-order chi connectivity index (χ1) is 8.65. The maximum Gasteiger partial charge on any atom is 0.251 e. The number of hydrogen-bond acceptors (Lipinski definition) is 2. The van der Waals surface area contributed by atoms with Crippen molar-refractivity contribution in [2.45, 2.75) is 13.3 Å². The monoisotopic (exact) mass is 249 g/mol. The molecule has 0 fully saturated rings. The van der Waals surface area contributed by atoms with Crippen LogP contribution >= 0.6 is 0 Å². The smallest absolute Gasteiger partial charge is 0.251 e. The molecule has 1 heterocycles. The number of rotatable bonds is 4. The summed E-state index contributed by atoms with van der Waals surface area (Å²) in [7, 11) is 0. The Hall–Kier alpha value is -2.10. The van der Waals surface area contributed by atoms with Gasteiger partial charge >= 0.3 is 0 Å². The minimum absolute atomic E-state index is 0. The molecule has 0 spiro atoms. The minimum Gasteiger partial charge on any atom is -0.466 e. The summed E-state index contributed by atoms with van der Waals surface area (Å²) >= 11 is 0. The van der Waals surface area contributed by atoms with E-state index in [4.69, 9.17) is 4.42 Å². The zero-order valence-electron chi connectivity index (χ0n) is 10.1. The quantitative estimate of drug-likeness (QED) is 0.905. The first-order valence-corrected chi connectivity index (χ1v) is 5.74. The van der Waals surface area contributed by atoms with E-state index in [1.54, 1.807) is 0 Å². The summed E-state index contributed by atoms with van der Waals surface area (Å²) in [6.07, 6.45) is 0.640. The van der Waals surface area contributed by atoms with Gasteiger partial charge < -0.3 is 9.73 Å². The number of halogens is 1. The van der Waals surface area contributed by atoms with Gasteiger partial charge in [0.2, 0.25) is 0 Å². The Morgan fingerprint density at radius 3 is 2.61 bits per heavy atom. The molecule has 18 heavy (non-hydrogen) atoms. The molecular formula is C14H16FNO2. The summed E-state index contributed by atoms with van der Waals surface area (Å²) < 4.78 is 18.1. The fourth-order valence-electron chi connectivity index (χ4n) is 1.62. The third kappa shape index (κ3) is 3.20. The van der Waals surface area contributed by atoms with E-state index < -0.39 is 0 Å². The van der Waals surface area contributed by atoms with Crippen molar-refractivity contribution in [2.75, 3.05) is 6.54 Å². The molecule has 0 aliphatic heterocycles. The van der Waals surface area contributed by atoms with Crippen LogP contribution in [0.2, 0.25) is 0 Å². The third-order valence-corrected chi connectivity index (χ3v) is 2.56. The van der Waals surface area contributed by atoms with Gasteiger partial charge in [-0.1, -0.05) is 0 Å². The number of nitrogens with one attached hydrogen (secondary N) is 1. The van der Waals surface area contributed by atoms with E-state index in [1.165, 1.54) is 24.3 Å². The molecule has 0 aliphatic rings. The Balaban J connectivity index is 0.00000180. The van der Waals surface area contributed by atoms with Crippen LogP contribution < -0.4 is 5.32 Å². The summed E-state index contributed by atoms with van der Waals surface area (Å²) in [6, 6.07) is 9.23. The molecular weight excluding hydrogens is 233 g/mol. The first kappa shape index (κ1) is 12.4. The second-order valence-electron chi connectivity index (χ2n) is 4.03. The highest BCUT2D eigenvalue weighted by Gasteiger charge is 2.05. The van der Waals surface area contributed by atoms with Crippen LogP contribution in [-0.2, 0) is 6.42 Å². The summed E-state index contributed by atoms with van der Waals surface area (Å²) in [4.78, 5) is 11.7. The van der Waals surface area contributed by atoms with Crippen LogP contribution in [0.15, 0.2) is 40.8 Å². The van der Waals surface area contributed by atoms with Gasteiger partial charge in [-0.2, -0.15) is 0 Å².